The fraction of sp³-hybridized carbons (Fsp3) is 0.500. The van der Waals surface area contributed by atoms with E-state index in [2.05, 4.69) is 0 Å². The van der Waals surface area contributed by atoms with Gasteiger partial charge in [0, 0.05) is 12.3 Å². The second-order valence-corrected chi connectivity index (χ2v) is 5.02. The molecule has 0 aromatic heterocycles. The Balaban J connectivity index is 1.88. The lowest BCUT2D eigenvalue weighted by Crippen LogP contribution is -2.51. The molecule has 2 unspecified atom stereocenters. The molecule has 2 N–H and O–H groups in total. The molecule has 2 aliphatic rings. The Bertz CT molecular complexity index is 455. The van der Waals surface area contributed by atoms with Crippen molar-refractivity contribution >= 4 is 11.6 Å². The van der Waals surface area contributed by atoms with E-state index in [1.54, 1.807) is 4.90 Å². The predicted molar refractivity (Wildman–Crippen MR) is 69.4 cm³/mol. The molecule has 1 saturated heterocycles. The van der Waals surface area contributed by atoms with Gasteiger partial charge in [-0.3, -0.25) is 4.79 Å². The van der Waals surface area contributed by atoms with Gasteiger partial charge in [-0.2, -0.15) is 0 Å². The van der Waals surface area contributed by atoms with Crippen molar-refractivity contribution in [3.05, 3.63) is 29.8 Å². The van der Waals surface area contributed by atoms with Gasteiger partial charge in [0.2, 0.25) is 5.91 Å². The number of carbonyl (C=O) groups is 1. The van der Waals surface area contributed by atoms with E-state index in [0.29, 0.717) is 13.0 Å². The minimum absolute atomic E-state index is 0.0178. The van der Waals surface area contributed by atoms with E-state index in [1.807, 2.05) is 24.3 Å². The van der Waals surface area contributed by atoms with Crippen LogP contribution < -0.4 is 10.6 Å². The summed E-state index contributed by atoms with van der Waals surface area (Å²) >= 11 is 0. The normalized spacial score (nSPS) is 27.4. The molecule has 0 bridgehead atoms. The Morgan fingerprint density at radius 3 is 3.00 bits per heavy atom. The van der Waals surface area contributed by atoms with E-state index in [1.165, 1.54) is 0 Å². The van der Waals surface area contributed by atoms with Gasteiger partial charge in [0.1, 0.15) is 0 Å². The molecular formula is C14H18N2O2. The zero-order valence-electron chi connectivity index (χ0n) is 10.3. The largest absolute Gasteiger partial charge is 0.376 e. The van der Waals surface area contributed by atoms with Crippen molar-refractivity contribution in [2.24, 2.45) is 5.73 Å². The average Bonchev–Trinajstić information content (AvgIpc) is 2.88. The fourth-order valence-electron chi connectivity index (χ4n) is 2.77. The van der Waals surface area contributed by atoms with Crippen LogP contribution in [-0.4, -0.2) is 31.2 Å². The van der Waals surface area contributed by atoms with Crippen LogP contribution in [0.4, 0.5) is 5.69 Å². The van der Waals surface area contributed by atoms with Crippen LogP contribution in [0.25, 0.3) is 0 Å². The Morgan fingerprint density at radius 1 is 1.39 bits per heavy atom. The van der Waals surface area contributed by atoms with Crippen LogP contribution in [0.5, 0.6) is 0 Å². The summed E-state index contributed by atoms with van der Waals surface area (Å²) in [4.78, 5) is 14.0. The number of nitrogens with two attached hydrogens (primary N) is 1. The summed E-state index contributed by atoms with van der Waals surface area (Å²) in [6.07, 6.45) is 2.91. The molecule has 2 aliphatic heterocycles. The van der Waals surface area contributed by atoms with Crippen molar-refractivity contribution in [2.45, 2.75) is 31.4 Å². The quantitative estimate of drug-likeness (QED) is 0.849. The molecule has 0 aliphatic carbocycles. The molecule has 4 heteroatoms. The summed E-state index contributed by atoms with van der Waals surface area (Å²) in [6.45, 7) is 1.43. The molecule has 3 rings (SSSR count). The molecule has 1 fully saturated rings. The van der Waals surface area contributed by atoms with Crippen molar-refractivity contribution in [1.29, 1.82) is 0 Å². The van der Waals surface area contributed by atoms with E-state index >= 15 is 0 Å². The van der Waals surface area contributed by atoms with Gasteiger partial charge in [-0.15, -0.1) is 0 Å². The lowest BCUT2D eigenvalue weighted by Gasteiger charge is -2.34. The van der Waals surface area contributed by atoms with Gasteiger partial charge in [-0.25, -0.2) is 0 Å². The van der Waals surface area contributed by atoms with Gasteiger partial charge in [-0.05, 0) is 30.9 Å². The van der Waals surface area contributed by atoms with E-state index in [4.69, 9.17) is 10.5 Å². The number of anilines is 1. The fourth-order valence-corrected chi connectivity index (χ4v) is 2.77. The zero-order valence-corrected chi connectivity index (χ0v) is 10.3. The number of rotatable bonds is 2. The number of carbonyl (C=O) groups excluding carboxylic acids is 1. The Kier molecular flexibility index (Phi) is 3.06. The van der Waals surface area contributed by atoms with Crippen molar-refractivity contribution in [2.75, 3.05) is 18.1 Å². The molecule has 0 spiro atoms. The van der Waals surface area contributed by atoms with Crippen LogP contribution in [0.1, 0.15) is 18.4 Å². The predicted octanol–water partition coefficient (Wildman–Crippen LogP) is 1.08. The number of benzene rings is 1. The van der Waals surface area contributed by atoms with Gasteiger partial charge < -0.3 is 15.4 Å². The smallest absolute Gasteiger partial charge is 0.244 e. The van der Waals surface area contributed by atoms with E-state index in [-0.39, 0.29) is 12.0 Å². The molecule has 1 aromatic carbocycles. The lowest BCUT2D eigenvalue weighted by atomic mass is 9.97. The molecule has 2 atom stereocenters. The van der Waals surface area contributed by atoms with Crippen molar-refractivity contribution in [3.8, 4) is 0 Å². The lowest BCUT2D eigenvalue weighted by molar-refractivity contribution is -0.120. The molecule has 18 heavy (non-hydrogen) atoms. The minimum Gasteiger partial charge on any atom is -0.376 e. The van der Waals surface area contributed by atoms with Crippen LogP contribution in [0.2, 0.25) is 0 Å². The highest BCUT2D eigenvalue weighted by Gasteiger charge is 2.32. The first-order valence-electron chi connectivity index (χ1n) is 6.52. The first-order valence-corrected chi connectivity index (χ1v) is 6.52. The van der Waals surface area contributed by atoms with Crippen LogP contribution in [0, 0.1) is 0 Å². The zero-order chi connectivity index (χ0) is 12.5. The number of fused-ring (bicyclic) bond motifs is 1. The second kappa shape index (κ2) is 4.71. The third-order valence-electron chi connectivity index (χ3n) is 3.72. The maximum absolute atomic E-state index is 12.2. The molecule has 0 radical (unpaired) electrons. The van der Waals surface area contributed by atoms with Gasteiger partial charge in [0.25, 0.3) is 0 Å². The van der Waals surface area contributed by atoms with Gasteiger partial charge >= 0.3 is 0 Å². The highest BCUT2D eigenvalue weighted by molar-refractivity contribution is 6.00. The third-order valence-corrected chi connectivity index (χ3v) is 3.72. The highest BCUT2D eigenvalue weighted by Crippen LogP contribution is 2.28. The Labute approximate surface area is 107 Å². The molecule has 4 nitrogen and oxygen atoms in total. The summed E-state index contributed by atoms with van der Waals surface area (Å²) in [5.41, 5.74) is 8.08. The van der Waals surface area contributed by atoms with Gasteiger partial charge in [-0.1, -0.05) is 18.2 Å². The van der Waals surface area contributed by atoms with Crippen molar-refractivity contribution < 1.29 is 9.53 Å². The molecule has 1 amide bonds. The number of hydrogen-bond donors (Lipinski definition) is 1. The summed E-state index contributed by atoms with van der Waals surface area (Å²) < 4.78 is 5.62. The Hall–Kier alpha value is -1.39. The highest BCUT2D eigenvalue weighted by atomic mass is 16.5. The number of hydrogen-bond acceptors (Lipinski definition) is 3. The number of ether oxygens (including phenoxy) is 1. The first kappa shape index (κ1) is 11.7. The SMILES string of the molecule is NC1Cc2ccccc2N(CC2CCCO2)C1=O. The van der Waals surface area contributed by atoms with Crippen molar-refractivity contribution in [3.63, 3.8) is 0 Å². The molecule has 2 heterocycles. The third kappa shape index (κ3) is 2.02. The van der Waals surface area contributed by atoms with Gasteiger partial charge in [0.05, 0.1) is 18.7 Å². The monoisotopic (exact) mass is 246 g/mol. The number of nitrogens with zero attached hydrogens (tertiary/aromatic N) is 1. The maximum atomic E-state index is 12.2. The summed E-state index contributed by atoms with van der Waals surface area (Å²) in [5.74, 6) is 0.0178. The maximum Gasteiger partial charge on any atom is 0.244 e. The van der Waals surface area contributed by atoms with Gasteiger partial charge in [0.15, 0.2) is 0 Å². The van der Waals surface area contributed by atoms with Crippen LogP contribution >= 0.6 is 0 Å². The van der Waals surface area contributed by atoms with Crippen LogP contribution in [-0.2, 0) is 16.0 Å². The first-order chi connectivity index (χ1) is 8.75. The minimum atomic E-state index is -0.415. The molecular weight excluding hydrogens is 228 g/mol. The molecule has 0 saturated carbocycles. The summed E-state index contributed by atoms with van der Waals surface area (Å²) in [7, 11) is 0. The molecule has 1 aromatic rings. The van der Waals surface area contributed by atoms with Crippen LogP contribution in [0.15, 0.2) is 24.3 Å². The van der Waals surface area contributed by atoms with Crippen molar-refractivity contribution in [1.82, 2.24) is 0 Å². The topological polar surface area (TPSA) is 55.6 Å². The number of amides is 1. The number of para-hydroxylation sites is 1. The second-order valence-electron chi connectivity index (χ2n) is 5.02. The molecule has 96 valence electrons. The van der Waals surface area contributed by atoms with E-state index in [9.17, 15) is 4.79 Å². The van der Waals surface area contributed by atoms with E-state index in [0.717, 1.165) is 30.7 Å². The standard InChI is InChI=1S/C14H18N2O2/c15-12-8-10-4-1-2-6-13(10)16(14(12)17)9-11-5-3-7-18-11/h1-2,4,6,11-12H,3,5,7-9,15H2. The van der Waals surface area contributed by atoms with E-state index < -0.39 is 6.04 Å². The summed E-state index contributed by atoms with van der Waals surface area (Å²) in [6, 6.07) is 7.58. The average molecular weight is 246 g/mol. The summed E-state index contributed by atoms with van der Waals surface area (Å²) in [5, 5.41) is 0. The van der Waals surface area contributed by atoms with Crippen LogP contribution in [0.3, 0.4) is 0 Å². The Morgan fingerprint density at radius 2 is 2.22 bits per heavy atom.